The lowest BCUT2D eigenvalue weighted by molar-refractivity contribution is 0.278. The number of rotatable bonds is 1. The van der Waals surface area contributed by atoms with Gasteiger partial charge in [0.25, 0.3) is 0 Å². The lowest BCUT2D eigenvalue weighted by Crippen LogP contribution is -1.80. The number of nitrogens with zero attached hydrogens (tertiary/aromatic N) is 1. The second-order valence-corrected chi connectivity index (χ2v) is 3.84. The summed E-state index contributed by atoms with van der Waals surface area (Å²) in [6.45, 7) is -0.208. The number of benzene rings is 1. The topological polar surface area (TPSA) is 64.2 Å². The number of aromatic hydroxyl groups is 1. The number of hydrogen-bond donors (Lipinski definition) is 2. The minimum Gasteiger partial charge on any atom is -0.499 e. The Balaban J connectivity index is 2.87. The summed E-state index contributed by atoms with van der Waals surface area (Å²) < 4.78 is 0.733. The molecule has 0 atom stereocenters. The van der Waals surface area contributed by atoms with Crippen LogP contribution in [0.3, 0.4) is 0 Å². The second kappa shape index (κ2) is 3.29. The van der Waals surface area contributed by atoms with Gasteiger partial charge in [-0.3, -0.25) is 0 Å². The number of aliphatic hydroxyl groups is 1. The zero-order chi connectivity index (χ0) is 10.1. The molecule has 0 aliphatic heterocycles. The van der Waals surface area contributed by atoms with Crippen molar-refractivity contribution in [2.75, 3.05) is 0 Å². The van der Waals surface area contributed by atoms with Crippen molar-refractivity contribution in [1.29, 1.82) is 5.26 Å². The molecular formula is C10H7NO2S. The Labute approximate surface area is 84.5 Å². The van der Waals surface area contributed by atoms with E-state index in [4.69, 9.17) is 10.4 Å². The molecule has 0 amide bonds. The molecule has 0 aliphatic rings. The van der Waals surface area contributed by atoms with Gasteiger partial charge in [-0.25, -0.2) is 0 Å². The average Bonchev–Trinajstić information content (AvgIpc) is 2.52. The van der Waals surface area contributed by atoms with Crippen LogP contribution in [-0.4, -0.2) is 10.2 Å². The third-order valence-corrected chi connectivity index (χ3v) is 3.16. The van der Waals surface area contributed by atoms with Gasteiger partial charge >= 0.3 is 0 Å². The number of aliphatic hydroxyl groups excluding tert-OH is 1. The van der Waals surface area contributed by atoms with Crippen molar-refractivity contribution >= 4 is 21.4 Å². The highest BCUT2D eigenvalue weighted by Crippen LogP contribution is 2.38. The Bertz CT molecular complexity index is 525. The van der Waals surface area contributed by atoms with Crippen LogP contribution in [0, 0.1) is 11.3 Å². The van der Waals surface area contributed by atoms with Crippen LogP contribution in [0.2, 0.25) is 0 Å². The molecule has 0 aliphatic carbocycles. The third-order valence-electron chi connectivity index (χ3n) is 2.08. The Morgan fingerprint density at radius 1 is 1.43 bits per heavy atom. The fraction of sp³-hybridized carbons (Fsp3) is 0.100. The Kier molecular flexibility index (Phi) is 2.12. The van der Waals surface area contributed by atoms with E-state index >= 15 is 0 Å². The molecular weight excluding hydrogens is 198 g/mol. The first-order valence-electron chi connectivity index (χ1n) is 4.02. The van der Waals surface area contributed by atoms with Gasteiger partial charge in [-0.2, -0.15) is 5.26 Å². The molecule has 1 aromatic heterocycles. The number of fused-ring (bicyclic) bond motifs is 1. The van der Waals surface area contributed by atoms with Crippen molar-refractivity contribution in [2.45, 2.75) is 6.61 Å². The molecule has 3 nitrogen and oxygen atoms in total. The molecule has 1 aromatic carbocycles. The molecule has 0 saturated carbocycles. The normalized spacial score (nSPS) is 10.3. The molecule has 1 heterocycles. The molecule has 0 saturated heterocycles. The maximum Gasteiger partial charge on any atom is 0.177 e. The van der Waals surface area contributed by atoms with Crippen LogP contribution in [-0.2, 0) is 6.61 Å². The van der Waals surface area contributed by atoms with Gasteiger partial charge in [0.1, 0.15) is 6.07 Å². The highest BCUT2D eigenvalue weighted by Gasteiger charge is 2.12. The van der Waals surface area contributed by atoms with Gasteiger partial charge in [-0.05, 0) is 6.07 Å². The van der Waals surface area contributed by atoms with Gasteiger partial charge in [0.15, 0.2) is 5.06 Å². The van der Waals surface area contributed by atoms with Gasteiger partial charge in [-0.1, -0.05) is 23.5 Å². The quantitative estimate of drug-likeness (QED) is 0.748. The first-order chi connectivity index (χ1) is 6.77. The summed E-state index contributed by atoms with van der Waals surface area (Å²) >= 11 is 1.13. The smallest absolute Gasteiger partial charge is 0.177 e. The van der Waals surface area contributed by atoms with Crippen LogP contribution in [0.4, 0.5) is 0 Å². The predicted octanol–water partition coefficient (Wildman–Crippen LogP) is 1.97. The summed E-state index contributed by atoms with van der Waals surface area (Å²) in [7, 11) is 0. The summed E-state index contributed by atoms with van der Waals surface area (Å²) in [4.78, 5) is 0. The second-order valence-electron chi connectivity index (χ2n) is 2.84. The summed E-state index contributed by atoms with van der Waals surface area (Å²) in [5, 5.41) is 28.2. The van der Waals surface area contributed by atoms with E-state index < -0.39 is 0 Å². The highest BCUT2D eigenvalue weighted by atomic mass is 32.1. The number of hydrogen-bond acceptors (Lipinski definition) is 4. The molecule has 2 aromatic rings. The van der Waals surface area contributed by atoms with Crippen LogP contribution in [0.5, 0.6) is 5.06 Å². The molecule has 0 fully saturated rings. The van der Waals surface area contributed by atoms with E-state index in [0.717, 1.165) is 21.4 Å². The van der Waals surface area contributed by atoms with Crippen LogP contribution in [0.25, 0.3) is 10.1 Å². The largest absolute Gasteiger partial charge is 0.499 e. The summed E-state index contributed by atoms with van der Waals surface area (Å²) in [6, 6.07) is 7.28. The van der Waals surface area contributed by atoms with Crippen LogP contribution >= 0.6 is 11.3 Å². The lowest BCUT2D eigenvalue weighted by atomic mass is 10.1. The van der Waals surface area contributed by atoms with E-state index in [1.807, 2.05) is 0 Å². The summed E-state index contributed by atoms with van der Waals surface area (Å²) in [5.41, 5.74) is 1.03. The maximum atomic E-state index is 9.50. The molecule has 2 N–H and O–H groups in total. The third kappa shape index (κ3) is 1.15. The zero-order valence-corrected chi connectivity index (χ0v) is 8.01. The van der Waals surface area contributed by atoms with E-state index in [2.05, 4.69) is 6.07 Å². The Hall–Kier alpha value is -1.57. The first kappa shape index (κ1) is 9.00. The Morgan fingerprint density at radius 3 is 2.86 bits per heavy atom. The Morgan fingerprint density at radius 2 is 2.21 bits per heavy atom. The molecule has 0 unspecified atom stereocenters. The molecule has 0 spiro atoms. The fourth-order valence-corrected chi connectivity index (χ4v) is 2.41. The van der Waals surface area contributed by atoms with Crippen molar-refractivity contribution in [3.63, 3.8) is 0 Å². The zero-order valence-electron chi connectivity index (χ0n) is 7.19. The van der Waals surface area contributed by atoms with Crippen molar-refractivity contribution in [1.82, 2.24) is 0 Å². The van der Waals surface area contributed by atoms with Crippen molar-refractivity contribution in [3.8, 4) is 11.1 Å². The molecule has 0 bridgehead atoms. The number of nitriles is 1. The van der Waals surface area contributed by atoms with E-state index in [9.17, 15) is 5.11 Å². The summed E-state index contributed by atoms with van der Waals surface area (Å²) in [5.74, 6) is 0. The minimum absolute atomic E-state index is 0.0881. The average molecular weight is 205 g/mol. The minimum atomic E-state index is -0.208. The van der Waals surface area contributed by atoms with Gasteiger partial charge < -0.3 is 10.2 Å². The summed E-state index contributed by atoms with van der Waals surface area (Å²) in [6.07, 6.45) is 0. The van der Waals surface area contributed by atoms with Gasteiger partial charge in [-0.15, -0.1) is 0 Å². The molecule has 14 heavy (non-hydrogen) atoms. The van der Waals surface area contributed by atoms with Crippen molar-refractivity contribution in [3.05, 3.63) is 29.3 Å². The molecule has 70 valence electrons. The van der Waals surface area contributed by atoms with Crippen molar-refractivity contribution in [2.24, 2.45) is 0 Å². The molecule has 0 radical (unpaired) electrons. The number of thiophene rings is 1. The van der Waals surface area contributed by atoms with Gasteiger partial charge in [0.2, 0.25) is 0 Å². The van der Waals surface area contributed by atoms with Crippen LogP contribution in [0.1, 0.15) is 11.1 Å². The van der Waals surface area contributed by atoms with E-state index in [1.54, 1.807) is 18.2 Å². The monoisotopic (exact) mass is 205 g/mol. The fourth-order valence-electron chi connectivity index (χ4n) is 1.40. The van der Waals surface area contributed by atoms with Crippen LogP contribution in [0.15, 0.2) is 18.2 Å². The SMILES string of the molecule is N#Cc1cccc2c(CO)c(O)sc12. The van der Waals surface area contributed by atoms with E-state index in [0.29, 0.717) is 11.1 Å². The molecule has 4 heteroatoms. The van der Waals surface area contributed by atoms with Crippen molar-refractivity contribution < 1.29 is 10.2 Å². The molecule has 2 rings (SSSR count). The first-order valence-corrected chi connectivity index (χ1v) is 4.84. The lowest BCUT2D eigenvalue weighted by Gasteiger charge is -1.94. The standard InChI is InChI=1S/C10H7NO2S/c11-4-6-2-1-3-7-8(5-12)10(13)14-9(6)7/h1-3,12-13H,5H2. The van der Waals surface area contributed by atoms with E-state index in [-0.39, 0.29) is 11.7 Å². The highest BCUT2D eigenvalue weighted by molar-refractivity contribution is 7.21. The van der Waals surface area contributed by atoms with Gasteiger partial charge in [0.05, 0.1) is 16.9 Å². The van der Waals surface area contributed by atoms with E-state index in [1.165, 1.54) is 0 Å². The maximum absolute atomic E-state index is 9.50. The van der Waals surface area contributed by atoms with Gasteiger partial charge in [0, 0.05) is 10.9 Å². The van der Waals surface area contributed by atoms with Crippen LogP contribution < -0.4 is 0 Å². The predicted molar refractivity (Wildman–Crippen MR) is 54.1 cm³/mol.